The van der Waals surface area contributed by atoms with Gasteiger partial charge in [-0.3, -0.25) is 14.6 Å². The number of pyridine rings is 1. The lowest BCUT2D eigenvalue weighted by Crippen LogP contribution is -2.51. The fourth-order valence-corrected chi connectivity index (χ4v) is 4.09. The number of aromatic nitrogens is 1. The van der Waals surface area contributed by atoms with Gasteiger partial charge in [-0.2, -0.15) is 0 Å². The monoisotopic (exact) mass is 465 g/mol. The molecule has 0 aliphatic carbocycles. The summed E-state index contributed by atoms with van der Waals surface area (Å²) in [7, 11) is 0. The van der Waals surface area contributed by atoms with E-state index in [-0.39, 0.29) is 37.0 Å². The Morgan fingerprint density at radius 3 is 2.61 bits per heavy atom. The second-order valence-corrected chi connectivity index (χ2v) is 8.30. The van der Waals surface area contributed by atoms with Crippen molar-refractivity contribution in [1.29, 1.82) is 0 Å². The maximum Gasteiger partial charge on any atom is 0.251 e. The van der Waals surface area contributed by atoms with Crippen LogP contribution in [0.2, 0.25) is 10.0 Å². The number of amides is 2. The van der Waals surface area contributed by atoms with Gasteiger partial charge < -0.3 is 20.5 Å². The molecular weight excluding hydrogens is 441 g/mol. The number of halogens is 2. The Morgan fingerprint density at radius 2 is 1.94 bits per heavy atom. The van der Waals surface area contributed by atoms with Gasteiger partial charge in [0.2, 0.25) is 5.91 Å². The Morgan fingerprint density at radius 1 is 1.16 bits per heavy atom. The zero-order chi connectivity index (χ0) is 22.2. The number of ether oxygens (including phenoxy) is 1. The molecule has 31 heavy (non-hydrogen) atoms. The van der Waals surface area contributed by atoms with Crippen molar-refractivity contribution in [2.24, 2.45) is 0 Å². The van der Waals surface area contributed by atoms with Crippen LogP contribution in [0.5, 0.6) is 0 Å². The smallest absolute Gasteiger partial charge is 0.251 e. The molecule has 1 aliphatic rings. The van der Waals surface area contributed by atoms with Gasteiger partial charge in [0, 0.05) is 34.0 Å². The van der Waals surface area contributed by atoms with Crippen LogP contribution in [0.15, 0.2) is 42.6 Å². The number of aliphatic hydroxyl groups excluding tert-OH is 1. The molecule has 1 fully saturated rings. The summed E-state index contributed by atoms with van der Waals surface area (Å²) in [5.41, 5.74) is 1.08. The van der Waals surface area contributed by atoms with E-state index < -0.39 is 6.10 Å². The summed E-state index contributed by atoms with van der Waals surface area (Å²) in [5, 5.41) is 16.3. The van der Waals surface area contributed by atoms with Gasteiger partial charge in [0.15, 0.2) is 0 Å². The van der Waals surface area contributed by atoms with E-state index >= 15 is 0 Å². The number of hydrogen-bond acceptors (Lipinski definition) is 5. The predicted octanol–water partition coefficient (Wildman–Crippen LogP) is 2.78. The third kappa shape index (κ3) is 7.18. The standard InChI is InChI=1S/C22H25Cl2N3O4/c23-15-9-14(10-16(24)11-15)22(30)26-8-6-18-4-5-19(20(13-28)31-18)27-21(29)12-17-3-1-2-7-25-17/h1-3,7,9-11,18-20,28H,4-6,8,12-13H2,(H,26,30)(H,27,29)/t18-,19-,20-/m0/s1. The van der Waals surface area contributed by atoms with Gasteiger partial charge in [-0.1, -0.05) is 29.3 Å². The van der Waals surface area contributed by atoms with Gasteiger partial charge in [-0.15, -0.1) is 0 Å². The summed E-state index contributed by atoms with van der Waals surface area (Å²) in [4.78, 5) is 28.7. The zero-order valence-corrected chi connectivity index (χ0v) is 18.4. The molecule has 166 valence electrons. The lowest BCUT2D eigenvalue weighted by Gasteiger charge is -2.36. The Hall–Kier alpha value is -2.19. The van der Waals surface area contributed by atoms with E-state index in [1.807, 2.05) is 6.07 Å². The van der Waals surface area contributed by atoms with Crippen LogP contribution in [0.25, 0.3) is 0 Å². The highest BCUT2D eigenvalue weighted by Gasteiger charge is 2.31. The molecule has 2 amide bonds. The summed E-state index contributed by atoms with van der Waals surface area (Å²) in [5.74, 6) is -0.421. The molecule has 7 nitrogen and oxygen atoms in total. The van der Waals surface area contributed by atoms with Crippen molar-refractivity contribution < 1.29 is 19.4 Å². The van der Waals surface area contributed by atoms with E-state index in [0.29, 0.717) is 47.1 Å². The Labute approximate surface area is 191 Å². The largest absolute Gasteiger partial charge is 0.394 e. The number of benzene rings is 1. The molecule has 0 bridgehead atoms. The first-order valence-electron chi connectivity index (χ1n) is 10.1. The first kappa shape index (κ1) is 23.5. The molecule has 0 unspecified atom stereocenters. The molecule has 9 heteroatoms. The minimum atomic E-state index is -0.492. The van der Waals surface area contributed by atoms with Crippen molar-refractivity contribution >= 4 is 35.0 Å². The summed E-state index contributed by atoms with van der Waals surface area (Å²) in [6.45, 7) is 0.209. The van der Waals surface area contributed by atoms with E-state index in [9.17, 15) is 14.7 Å². The van der Waals surface area contributed by atoms with Crippen molar-refractivity contribution in [3.63, 3.8) is 0 Å². The van der Waals surface area contributed by atoms with Gasteiger partial charge >= 0.3 is 0 Å². The molecule has 0 saturated carbocycles. The third-order valence-electron chi connectivity index (χ3n) is 5.09. The number of nitrogens with zero attached hydrogens (tertiary/aromatic N) is 1. The predicted molar refractivity (Wildman–Crippen MR) is 118 cm³/mol. The topological polar surface area (TPSA) is 101 Å². The zero-order valence-electron chi connectivity index (χ0n) is 16.9. The molecular formula is C22H25Cl2N3O4. The van der Waals surface area contributed by atoms with Crippen LogP contribution in [0, 0.1) is 0 Å². The summed E-state index contributed by atoms with van der Waals surface area (Å²) in [6.07, 6.45) is 3.20. The molecule has 3 rings (SSSR count). The lowest BCUT2D eigenvalue weighted by atomic mass is 9.97. The molecule has 1 aromatic heterocycles. The van der Waals surface area contributed by atoms with Gasteiger partial charge in [0.1, 0.15) is 6.10 Å². The second kappa shape index (κ2) is 11.4. The van der Waals surface area contributed by atoms with E-state index in [1.54, 1.807) is 36.5 Å². The van der Waals surface area contributed by atoms with Crippen molar-refractivity contribution in [1.82, 2.24) is 15.6 Å². The molecule has 3 N–H and O–H groups in total. The molecule has 0 spiro atoms. The quantitative estimate of drug-likeness (QED) is 0.556. The lowest BCUT2D eigenvalue weighted by molar-refractivity contribution is -0.127. The highest BCUT2D eigenvalue weighted by molar-refractivity contribution is 6.35. The molecule has 0 radical (unpaired) electrons. The van der Waals surface area contributed by atoms with Crippen molar-refractivity contribution in [3.05, 3.63) is 63.9 Å². The number of carbonyl (C=O) groups excluding carboxylic acids is 2. The molecule has 1 saturated heterocycles. The van der Waals surface area contributed by atoms with Crippen LogP contribution >= 0.6 is 23.2 Å². The van der Waals surface area contributed by atoms with E-state index in [2.05, 4.69) is 15.6 Å². The van der Waals surface area contributed by atoms with Crippen molar-refractivity contribution in [3.8, 4) is 0 Å². The summed E-state index contributed by atoms with van der Waals surface area (Å²) in [6, 6.07) is 9.84. The maximum atomic E-state index is 12.3. The number of rotatable bonds is 8. The van der Waals surface area contributed by atoms with Crippen LogP contribution in [0.3, 0.4) is 0 Å². The van der Waals surface area contributed by atoms with E-state index in [1.165, 1.54) is 0 Å². The molecule has 1 aromatic carbocycles. The highest BCUT2D eigenvalue weighted by atomic mass is 35.5. The normalized spacial score (nSPS) is 20.8. The summed E-state index contributed by atoms with van der Waals surface area (Å²) < 4.78 is 5.95. The van der Waals surface area contributed by atoms with Gasteiger partial charge in [0.05, 0.1) is 25.2 Å². The van der Waals surface area contributed by atoms with E-state index in [4.69, 9.17) is 27.9 Å². The molecule has 2 heterocycles. The molecule has 1 aliphatic heterocycles. The Bertz CT molecular complexity index is 877. The van der Waals surface area contributed by atoms with E-state index in [0.717, 1.165) is 0 Å². The molecule has 2 aromatic rings. The summed E-state index contributed by atoms with van der Waals surface area (Å²) >= 11 is 11.9. The Kier molecular flexibility index (Phi) is 8.66. The first-order valence-corrected chi connectivity index (χ1v) is 10.9. The minimum Gasteiger partial charge on any atom is -0.394 e. The fraction of sp³-hybridized carbons (Fsp3) is 0.409. The van der Waals surface area contributed by atoms with Crippen molar-refractivity contribution in [2.45, 2.75) is 43.9 Å². The minimum absolute atomic E-state index is 0.121. The highest BCUT2D eigenvalue weighted by Crippen LogP contribution is 2.22. The first-order chi connectivity index (χ1) is 14.9. The van der Waals surface area contributed by atoms with Gasteiger partial charge in [-0.25, -0.2) is 0 Å². The fourth-order valence-electron chi connectivity index (χ4n) is 3.57. The van der Waals surface area contributed by atoms with Crippen LogP contribution < -0.4 is 10.6 Å². The van der Waals surface area contributed by atoms with Crippen LogP contribution in [0.4, 0.5) is 0 Å². The number of carbonyl (C=O) groups is 2. The number of hydrogen-bond donors (Lipinski definition) is 3. The van der Waals surface area contributed by atoms with Gasteiger partial charge in [0.25, 0.3) is 5.91 Å². The van der Waals surface area contributed by atoms with Crippen molar-refractivity contribution in [2.75, 3.05) is 13.2 Å². The average molecular weight is 466 g/mol. The molecule has 3 atom stereocenters. The average Bonchev–Trinajstić information content (AvgIpc) is 2.74. The second-order valence-electron chi connectivity index (χ2n) is 7.43. The maximum absolute atomic E-state index is 12.3. The third-order valence-corrected chi connectivity index (χ3v) is 5.52. The SMILES string of the molecule is O=C(Cc1ccccn1)N[C@H]1CC[C@@H](CCNC(=O)c2cc(Cl)cc(Cl)c2)O[C@H]1CO. The number of nitrogens with one attached hydrogen (secondary N) is 2. The number of aliphatic hydroxyl groups is 1. The van der Waals surface area contributed by atoms with Crippen LogP contribution in [-0.2, 0) is 16.0 Å². The Balaban J connectivity index is 1.43. The van der Waals surface area contributed by atoms with Crippen LogP contribution in [-0.4, -0.2) is 53.3 Å². The van der Waals surface area contributed by atoms with Crippen LogP contribution in [0.1, 0.15) is 35.3 Å². The van der Waals surface area contributed by atoms with Gasteiger partial charge in [-0.05, 0) is 49.6 Å².